The van der Waals surface area contributed by atoms with Crippen LogP contribution in [0.3, 0.4) is 0 Å². The molecule has 1 heterocycles. The zero-order chi connectivity index (χ0) is 31.1. The lowest BCUT2D eigenvalue weighted by atomic mass is 9.95. The summed E-state index contributed by atoms with van der Waals surface area (Å²) in [6.07, 6.45) is -8.78. The van der Waals surface area contributed by atoms with Crippen molar-refractivity contribution in [1.29, 1.82) is 0 Å². The second-order valence-electron chi connectivity index (χ2n) is 11.4. The maximum Gasteiger partial charge on any atom is 0.416 e. The molecule has 0 aromatic heterocycles. The highest BCUT2D eigenvalue weighted by molar-refractivity contribution is 5.79. The predicted octanol–water partition coefficient (Wildman–Crippen LogP) is 6.19. The molecular formula is C30H36F6N2O4. The van der Waals surface area contributed by atoms with E-state index in [1.165, 1.54) is 0 Å². The van der Waals surface area contributed by atoms with Crippen molar-refractivity contribution in [1.82, 2.24) is 10.2 Å². The molecule has 2 aromatic rings. The Kier molecular flexibility index (Phi) is 11.0. The number of nitrogens with zero attached hydrogens (tertiary/aromatic N) is 1. The van der Waals surface area contributed by atoms with Crippen LogP contribution in [0.2, 0.25) is 0 Å². The molecule has 0 bridgehead atoms. The molecule has 42 heavy (non-hydrogen) atoms. The summed E-state index contributed by atoms with van der Waals surface area (Å²) in [4.78, 5) is 27.0. The van der Waals surface area contributed by atoms with Gasteiger partial charge in [-0.1, -0.05) is 30.3 Å². The van der Waals surface area contributed by atoms with Crippen LogP contribution in [0.5, 0.6) is 0 Å². The lowest BCUT2D eigenvalue weighted by Gasteiger charge is -2.31. The van der Waals surface area contributed by atoms with Crippen LogP contribution >= 0.6 is 0 Å². The van der Waals surface area contributed by atoms with Gasteiger partial charge in [-0.25, -0.2) is 0 Å². The average Bonchev–Trinajstić information content (AvgIpc) is 2.89. The normalized spacial score (nSPS) is 16.2. The van der Waals surface area contributed by atoms with Gasteiger partial charge in [0.1, 0.15) is 5.60 Å². The highest BCUT2D eigenvalue weighted by atomic mass is 19.4. The molecular weight excluding hydrogens is 566 g/mol. The van der Waals surface area contributed by atoms with E-state index >= 15 is 0 Å². The van der Waals surface area contributed by atoms with Gasteiger partial charge in [-0.3, -0.25) is 14.5 Å². The molecule has 1 fully saturated rings. The molecule has 0 radical (unpaired) electrons. The molecule has 1 N–H and O–H groups in total. The van der Waals surface area contributed by atoms with Gasteiger partial charge in [0.25, 0.3) is 0 Å². The van der Waals surface area contributed by atoms with E-state index in [1.807, 2.05) is 4.90 Å². The summed E-state index contributed by atoms with van der Waals surface area (Å²) < 4.78 is 90.2. The van der Waals surface area contributed by atoms with E-state index in [1.54, 1.807) is 51.1 Å². The van der Waals surface area contributed by atoms with Crippen LogP contribution in [0.1, 0.15) is 61.8 Å². The van der Waals surface area contributed by atoms with Crippen molar-refractivity contribution in [3.8, 4) is 0 Å². The minimum atomic E-state index is -4.95. The van der Waals surface area contributed by atoms with E-state index in [0.717, 1.165) is 5.56 Å². The van der Waals surface area contributed by atoms with Crippen LogP contribution in [0.25, 0.3) is 0 Å². The number of esters is 1. The number of benzene rings is 2. The summed E-state index contributed by atoms with van der Waals surface area (Å²) in [5.74, 6) is -1.14. The SMILES string of the molecule is CC(C)(C)OC(=O)CN1CCC(C(=O)NCC(COCc2cc(C(F)(F)F)cc(C(F)(F)F)c2)c2ccccc2)CC1. The fraction of sp³-hybridized carbons (Fsp3) is 0.533. The number of ether oxygens (including phenoxy) is 2. The first-order chi connectivity index (χ1) is 19.5. The van der Waals surface area contributed by atoms with Crippen LogP contribution in [0.15, 0.2) is 48.5 Å². The first kappa shape index (κ1) is 33.4. The van der Waals surface area contributed by atoms with E-state index < -0.39 is 41.6 Å². The molecule has 6 nitrogen and oxygen atoms in total. The number of carbonyl (C=O) groups excluding carboxylic acids is 2. The largest absolute Gasteiger partial charge is 0.459 e. The van der Waals surface area contributed by atoms with Crippen LogP contribution in [-0.2, 0) is 38.0 Å². The van der Waals surface area contributed by atoms with Crippen LogP contribution in [0, 0.1) is 5.92 Å². The lowest BCUT2D eigenvalue weighted by Crippen LogP contribution is -2.44. The number of hydrogen-bond donors (Lipinski definition) is 1. The lowest BCUT2D eigenvalue weighted by molar-refractivity contribution is -0.156. The summed E-state index contributed by atoms with van der Waals surface area (Å²) in [7, 11) is 0. The third kappa shape index (κ3) is 10.6. The Morgan fingerprint density at radius 2 is 1.50 bits per heavy atom. The summed E-state index contributed by atoms with van der Waals surface area (Å²) in [6, 6.07) is 10.3. The molecule has 3 rings (SSSR count). The smallest absolute Gasteiger partial charge is 0.416 e. The molecule has 2 aromatic carbocycles. The first-order valence-electron chi connectivity index (χ1n) is 13.6. The van der Waals surface area contributed by atoms with E-state index in [2.05, 4.69) is 5.32 Å². The minimum Gasteiger partial charge on any atom is -0.459 e. The Balaban J connectivity index is 1.57. The first-order valence-corrected chi connectivity index (χ1v) is 13.6. The van der Waals surface area contributed by atoms with Crippen LogP contribution in [-0.4, -0.2) is 55.2 Å². The van der Waals surface area contributed by atoms with Crippen molar-refractivity contribution in [2.24, 2.45) is 5.92 Å². The van der Waals surface area contributed by atoms with Crippen LogP contribution < -0.4 is 5.32 Å². The Morgan fingerprint density at radius 1 is 0.929 bits per heavy atom. The molecule has 1 unspecified atom stereocenters. The number of hydrogen-bond acceptors (Lipinski definition) is 5. The van der Waals surface area contributed by atoms with Gasteiger partial charge in [0, 0.05) is 18.4 Å². The third-order valence-corrected chi connectivity index (χ3v) is 6.76. The van der Waals surface area contributed by atoms with E-state index in [0.29, 0.717) is 38.1 Å². The maximum absolute atomic E-state index is 13.2. The molecule has 0 saturated carbocycles. The second-order valence-corrected chi connectivity index (χ2v) is 11.4. The van der Waals surface area contributed by atoms with Crippen molar-refractivity contribution >= 4 is 11.9 Å². The van der Waals surface area contributed by atoms with E-state index in [4.69, 9.17) is 9.47 Å². The van der Waals surface area contributed by atoms with Gasteiger partial charge in [-0.15, -0.1) is 0 Å². The Hall–Kier alpha value is -3.12. The number of likely N-dealkylation sites (tertiary alicyclic amines) is 1. The van der Waals surface area contributed by atoms with Crippen molar-refractivity contribution in [2.45, 2.75) is 64.1 Å². The van der Waals surface area contributed by atoms with Gasteiger partial charge in [-0.2, -0.15) is 26.3 Å². The Labute approximate surface area is 241 Å². The number of halogens is 6. The van der Waals surface area contributed by atoms with Gasteiger partial charge in [0.05, 0.1) is 30.9 Å². The molecule has 1 aliphatic heterocycles. The minimum absolute atomic E-state index is 0.0454. The van der Waals surface area contributed by atoms with Crippen molar-refractivity contribution in [3.05, 3.63) is 70.8 Å². The van der Waals surface area contributed by atoms with Gasteiger partial charge < -0.3 is 14.8 Å². The molecule has 1 amide bonds. The number of carbonyl (C=O) groups is 2. The highest BCUT2D eigenvalue weighted by Gasteiger charge is 2.37. The second kappa shape index (κ2) is 13.9. The molecule has 0 aliphatic carbocycles. The molecule has 232 valence electrons. The van der Waals surface area contributed by atoms with Crippen molar-refractivity contribution < 1.29 is 45.4 Å². The number of rotatable bonds is 10. The Morgan fingerprint density at radius 3 is 2.02 bits per heavy atom. The van der Waals surface area contributed by atoms with Crippen molar-refractivity contribution in [2.75, 3.05) is 32.8 Å². The van der Waals surface area contributed by atoms with E-state index in [-0.39, 0.29) is 49.1 Å². The Bertz CT molecular complexity index is 1150. The number of amides is 1. The molecule has 1 saturated heterocycles. The monoisotopic (exact) mass is 602 g/mol. The summed E-state index contributed by atoms with van der Waals surface area (Å²) in [6.45, 7) is 6.29. The van der Waals surface area contributed by atoms with E-state index in [9.17, 15) is 35.9 Å². The third-order valence-electron chi connectivity index (χ3n) is 6.76. The standard InChI is InChI=1S/C30H36F6N2O4/c1-28(2,3)42-26(39)17-38-11-9-22(10-12-38)27(40)37-16-23(21-7-5-4-6-8-21)19-41-18-20-13-24(29(31,32)33)15-25(14-20)30(34,35)36/h4-8,13-15,22-23H,9-12,16-19H2,1-3H3,(H,37,40). The predicted molar refractivity (Wildman–Crippen MR) is 143 cm³/mol. The zero-order valence-corrected chi connectivity index (χ0v) is 23.8. The fourth-order valence-electron chi connectivity index (χ4n) is 4.70. The molecule has 12 heteroatoms. The highest BCUT2D eigenvalue weighted by Crippen LogP contribution is 2.36. The molecule has 0 spiro atoms. The van der Waals surface area contributed by atoms with Crippen molar-refractivity contribution in [3.63, 3.8) is 0 Å². The molecule has 1 aliphatic rings. The maximum atomic E-state index is 13.2. The number of nitrogens with one attached hydrogen (secondary N) is 1. The van der Waals surface area contributed by atoms with Gasteiger partial charge >= 0.3 is 18.3 Å². The van der Waals surface area contributed by atoms with Gasteiger partial charge in [-0.05, 0) is 76.0 Å². The van der Waals surface area contributed by atoms with Gasteiger partial charge in [0.2, 0.25) is 5.91 Å². The number of alkyl halides is 6. The zero-order valence-electron chi connectivity index (χ0n) is 23.8. The summed E-state index contributed by atoms with van der Waals surface area (Å²) >= 11 is 0. The quantitative estimate of drug-likeness (QED) is 0.259. The summed E-state index contributed by atoms with van der Waals surface area (Å²) in [5, 5.41) is 2.92. The van der Waals surface area contributed by atoms with Crippen LogP contribution in [0.4, 0.5) is 26.3 Å². The number of piperidine rings is 1. The fourth-order valence-corrected chi connectivity index (χ4v) is 4.70. The average molecular weight is 603 g/mol. The molecule has 1 atom stereocenters. The van der Waals surface area contributed by atoms with Gasteiger partial charge in [0.15, 0.2) is 0 Å². The summed E-state index contributed by atoms with van der Waals surface area (Å²) in [5.41, 5.74) is -2.84. The topological polar surface area (TPSA) is 67.9 Å².